The van der Waals surface area contributed by atoms with Crippen LogP contribution in [0.5, 0.6) is 5.75 Å². The topological polar surface area (TPSA) is 62.0 Å². The van der Waals surface area contributed by atoms with Crippen LogP contribution in [0.1, 0.15) is 34.6 Å². The number of aromatic hydroxyl groups is 1. The van der Waals surface area contributed by atoms with Crippen LogP contribution >= 0.6 is 0 Å². The number of nitrogens with two attached hydrogens (primary N) is 1. The van der Waals surface area contributed by atoms with E-state index in [-0.39, 0.29) is 11.4 Å². The van der Waals surface area contributed by atoms with Gasteiger partial charge in [0.05, 0.1) is 11.4 Å². The molecule has 1 aromatic rings. The predicted octanol–water partition coefficient (Wildman–Crippen LogP) is 3.41. The first kappa shape index (κ1) is 19.0. The summed E-state index contributed by atoms with van der Waals surface area (Å²) in [4.78, 5) is 4.26. The standard InChI is InChI=1S/C16H25N3O2.C2H6/c1-12(21-16(2,3)4)18-8-10-19(11-9-18)14-7-5-6-13(17)15(14)20;1-2/h5-7,20H,1,8-11,17H2,2-4H3;1-2H3. The molecule has 0 radical (unpaired) electrons. The number of hydrogen-bond donors (Lipinski definition) is 2. The third-order valence-electron chi connectivity index (χ3n) is 3.44. The van der Waals surface area contributed by atoms with Crippen LogP contribution in [-0.4, -0.2) is 41.8 Å². The van der Waals surface area contributed by atoms with Crippen LogP contribution < -0.4 is 10.6 Å². The van der Waals surface area contributed by atoms with Gasteiger partial charge in [-0.05, 0) is 39.5 Å². The smallest absolute Gasteiger partial charge is 0.182 e. The van der Waals surface area contributed by atoms with Crippen molar-refractivity contribution in [3.8, 4) is 5.75 Å². The van der Waals surface area contributed by atoms with E-state index in [4.69, 9.17) is 10.5 Å². The first-order valence-corrected chi connectivity index (χ1v) is 8.23. The van der Waals surface area contributed by atoms with Gasteiger partial charge in [-0.2, -0.15) is 0 Å². The van der Waals surface area contributed by atoms with Gasteiger partial charge < -0.3 is 25.4 Å². The number of nitrogens with zero attached hydrogens (tertiary/aromatic N) is 2. The first-order chi connectivity index (χ1) is 10.8. The molecule has 1 saturated heterocycles. The molecule has 23 heavy (non-hydrogen) atoms. The number of nitrogen functional groups attached to an aromatic ring is 1. The van der Waals surface area contributed by atoms with Crippen LogP contribution in [0, 0.1) is 0 Å². The summed E-state index contributed by atoms with van der Waals surface area (Å²) in [5.41, 5.74) is 6.72. The largest absolute Gasteiger partial charge is 0.504 e. The lowest BCUT2D eigenvalue weighted by atomic mass is 10.2. The highest BCUT2D eigenvalue weighted by molar-refractivity contribution is 5.69. The summed E-state index contributed by atoms with van der Waals surface area (Å²) in [6.45, 7) is 17.3. The number of phenolic OH excluding ortho intramolecular Hbond substituents is 1. The molecule has 2 rings (SSSR count). The Morgan fingerprint density at radius 2 is 1.74 bits per heavy atom. The van der Waals surface area contributed by atoms with Gasteiger partial charge in [0.25, 0.3) is 0 Å². The molecule has 0 aromatic heterocycles. The molecule has 0 aliphatic carbocycles. The zero-order valence-electron chi connectivity index (χ0n) is 15.1. The summed E-state index contributed by atoms with van der Waals surface area (Å²) >= 11 is 0. The molecule has 0 saturated carbocycles. The van der Waals surface area contributed by atoms with E-state index in [0.717, 1.165) is 31.9 Å². The number of para-hydroxylation sites is 1. The van der Waals surface area contributed by atoms with Crippen LogP contribution in [0.3, 0.4) is 0 Å². The third kappa shape index (κ3) is 5.27. The Morgan fingerprint density at radius 1 is 1.17 bits per heavy atom. The quantitative estimate of drug-likeness (QED) is 0.507. The fraction of sp³-hybridized carbons (Fsp3) is 0.556. The maximum atomic E-state index is 10.1. The Hall–Kier alpha value is -2.04. The molecule has 5 heteroatoms. The van der Waals surface area contributed by atoms with Gasteiger partial charge in [0.15, 0.2) is 11.6 Å². The monoisotopic (exact) mass is 321 g/mol. The van der Waals surface area contributed by atoms with Gasteiger partial charge in [-0.3, -0.25) is 0 Å². The molecule has 1 heterocycles. The van der Waals surface area contributed by atoms with Crippen molar-refractivity contribution in [2.75, 3.05) is 36.8 Å². The lowest BCUT2D eigenvalue weighted by Gasteiger charge is -2.39. The number of benzene rings is 1. The molecule has 0 amide bonds. The second-order valence-corrected chi connectivity index (χ2v) is 6.30. The summed E-state index contributed by atoms with van der Waals surface area (Å²) in [6, 6.07) is 5.45. The highest BCUT2D eigenvalue weighted by Crippen LogP contribution is 2.33. The Labute approximate surface area is 140 Å². The van der Waals surface area contributed by atoms with Gasteiger partial charge in [0.2, 0.25) is 0 Å². The molecule has 1 aliphatic rings. The first-order valence-electron chi connectivity index (χ1n) is 8.23. The average molecular weight is 321 g/mol. The van der Waals surface area contributed by atoms with Gasteiger partial charge in [-0.15, -0.1) is 0 Å². The van der Waals surface area contributed by atoms with E-state index in [9.17, 15) is 5.11 Å². The molecule has 1 aromatic carbocycles. The van der Waals surface area contributed by atoms with Crippen molar-refractivity contribution in [3.05, 3.63) is 30.7 Å². The minimum atomic E-state index is -0.236. The SMILES string of the molecule is C=C(OC(C)(C)C)N1CCN(c2cccc(N)c2O)CC1.CC. The van der Waals surface area contributed by atoms with E-state index in [1.807, 2.05) is 46.8 Å². The number of rotatable bonds is 3. The van der Waals surface area contributed by atoms with Crippen LogP contribution in [0.2, 0.25) is 0 Å². The maximum absolute atomic E-state index is 10.1. The Balaban J connectivity index is 0.00000127. The second-order valence-electron chi connectivity index (χ2n) is 6.30. The summed E-state index contributed by atoms with van der Waals surface area (Å²) in [5.74, 6) is 0.870. The molecular weight excluding hydrogens is 290 g/mol. The normalized spacial score (nSPS) is 14.8. The van der Waals surface area contributed by atoms with Crippen LogP contribution in [0.4, 0.5) is 11.4 Å². The number of ether oxygens (including phenoxy) is 1. The molecule has 1 aliphatic heterocycles. The van der Waals surface area contributed by atoms with E-state index in [1.165, 1.54) is 0 Å². The Bertz CT molecular complexity index is 515. The fourth-order valence-corrected chi connectivity index (χ4v) is 2.42. The summed E-state index contributed by atoms with van der Waals surface area (Å²) in [7, 11) is 0. The van der Waals surface area contributed by atoms with Crippen LogP contribution in [0.25, 0.3) is 0 Å². The molecule has 3 N–H and O–H groups in total. The van der Waals surface area contributed by atoms with E-state index in [0.29, 0.717) is 11.6 Å². The molecule has 0 atom stereocenters. The van der Waals surface area contributed by atoms with E-state index in [2.05, 4.69) is 16.4 Å². The van der Waals surface area contributed by atoms with Crippen molar-refractivity contribution in [2.45, 2.75) is 40.2 Å². The van der Waals surface area contributed by atoms with Crippen molar-refractivity contribution in [1.29, 1.82) is 0 Å². The van der Waals surface area contributed by atoms with Gasteiger partial charge in [0.1, 0.15) is 5.60 Å². The van der Waals surface area contributed by atoms with Gasteiger partial charge in [-0.1, -0.05) is 19.9 Å². The fourth-order valence-electron chi connectivity index (χ4n) is 2.42. The van der Waals surface area contributed by atoms with Gasteiger partial charge >= 0.3 is 0 Å². The average Bonchev–Trinajstić information content (AvgIpc) is 2.50. The molecule has 130 valence electrons. The predicted molar refractivity (Wildman–Crippen MR) is 97.6 cm³/mol. The Kier molecular flexibility index (Phi) is 6.61. The van der Waals surface area contributed by atoms with Crippen molar-refractivity contribution in [1.82, 2.24) is 4.90 Å². The van der Waals surface area contributed by atoms with Crippen molar-refractivity contribution in [3.63, 3.8) is 0 Å². The molecule has 0 unspecified atom stereocenters. The zero-order valence-corrected chi connectivity index (χ0v) is 15.1. The molecule has 1 fully saturated rings. The summed E-state index contributed by atoms with van der Waals surface area (Å²) in [6.07, 6.45) is 0. The maximum Gasteiger partial charge on any atom is 0.182 e. The minimum absolute atomic E-state index is 0.163. The minimum Gasteiger partial charge on any atom is -0.504 e. The highest BCUT2D eigenvalue weighted by Gasteiger charge is 2.23. The summed E-state index contributed by atoms with van der Waals surface area (Å²) in [5, 5.41) is 10.1. The van der Waals surface area contributed by atoms with Crippen molar-refractivity contribution >= 4 is 11.4 Å². The van der Waals surface area contributed by atoms with Gasteiger partial charge in [0, 0.05) is 26.2 Å². The second kappa shape index (κ2) is 7.99. The van der Waals surface area contributed by atoms with E-state index in [1.54, 1.807) is 6.07 Å². The molecule has 0 bridgehead atoms. The van der Waals surface area contributed by atoms with E-state index < -0.39 is 0 Å². The molecule has 5 nitrogen and oxygen atoms in total. The molecular formula is C18H31N3O2. The third-order valence-corrected chi connectivity index (χ3v) is 3.44. The Morgan fingerprint density at radius 3 is 2.26 bits per heavy atom. The van der Waals surface area contributed by atoms with Crippen LogP contribution in [-0.2, 0) is 4.74 Å². The number of piperazine rings is 1. The van der Waals surface area contributed by atoms with Crippen LogP contribution in [0.15, 0.2) is 30.7 Å². The van der Waals surface area contributed by atoms with Crippen molar-refractivity contribution < 1.29 is 9.84 Å². The van der Waals surface area contributed by atoms with E-state index >= 15 is 0 Å². The lowest BCUT2D eigenvalue weighted by molar-refractivity contribution is 0.00166. The summed E-state index contributed by atoms with van der Waals surface area (Å²) < 4.78 is 5.80. The number of hydrogen-bond acceptors (Lipinski definition) is 5. The van der Waals surface area contributed by atoms with Gasteiger partial charge in [-0.25, -0.2) is 0 Å². The molecule has 0 spiro atoms. The highest BCUT2D eigenvalue weighted by atomic mass is 16.5. The zero-order chi connectivity index (χ0) is 17.6. The van der Waals surface area contributed by atoms with Crippen molar-refractivity contribution in [2.24, 2.45) is 0 Å². The number of phenols is 1. The number of anilines is 2. The lowest BCUT2D eigenvalue weighted by Crippen LogP contribution is -2.46.